The average molecular weight is 516 g/mol. The molecule has 0 unspecified atom stereocenters. The maximum absolute atomic E-state index is 14.1. The monoisotopic (exact) mass is 515 g/mol. The Morgan fingerprint density at radius 3 is 2.11 bits per heavy atom. The number of para-hydroxylation sites is 2. The molecule has 0 fully saturated rings. The van der Waals surface area contributed by atoms with Gasteiger partial charge in [-0.3, -0.25) is 9.69 Å². The highest BCUT2D eigenvalue weighted by Gasteiger charge is 2.18. The molecular weight excluding hydrogens is 489 g/mol. The smallest absolute Gasteiger partial charge is 0.326 e. The zero-order valence-corrected chi connectivity index (χ0v) is 20.8. The third-order valence-corrected chi connectivity index (χ3v) is 6.27. The zero-order chi connectivity index (χ0) is 25.9. The van der Waals surface area contributed by atoms with Crippen LogP contribution in [0.3, 0.4) is 0 Å². The van der Waals surface area contributed by atoms with Crippen LogP contribution in [0, 0.1) is 5.82 Å². The van der Waals surface area contributed by atoms with Crippen molar-refractivity contribution < 1.29 is 18.7 Å². The van der Waals surface area contributed by atoms with E-state index in [4.69, 9.17) is 4.74 Å². The summed E-state index contributed by atoms with van der Waals surface area (Å²) in [6.07, 6.45) is 0. The van der Waals surface area contributed by atoms with E-state index >= 15 is 0 Å². The summed E-state index contributed by atoms with van der Waals surface area (Å²) in [6.45, 7) is 0.405. The minimum absolute atomic E-state index is 0.0739. The number of urea groups is 1. The molecule has 4 rings (SSSR count). The van der Waals surface area contributed by atoms with Crippen molar-refractivity contribution in [3.8, 4) is 11.5 Å². The summed E-state index contributed by atoms with van der Waals surface area (Å²) in [4.78, 5) is 27.9. The van der Waals surface area contributed by atoms with Crippen molar-refractivity contribution in [1.29, 1.82) is 0 Å². The molecule has 188 valence electrons. The van der Waals surface area contributed by atoms with E-state index in [0.717, 1.165) is 4.90 Å². The fourth-order valence-electron chi connectivity index (χ4n) is 3.44. The Labute approximate surface area is 219 Å². The number of ether oxygens (including phenoxy) is 1. The van der Waals surface area contributed by atoms with Crippen LogP contribution in [-0.2, 0) is 4.79 Å². The number of amides is 3. The number of hydrogen-bond donors (Lipinski definition) is 2. The molecule has 0 atom stereocenters. The summed E-state index contributed by atoms with van der Waals surface area (Å²) in [5.41, 5.74) is 0.645. The predicted molar refractivity (Wildman–Crippen MR) is 146 cm³/mol. The van der Waals surface area contributed by atoms with Crippen LogP contribution in [0.1, 0.15) is 0 Å². The fraction of sp³-hybridized carbons (Fsp3) is 0.103. The highest BCUT2D eigenvalue weighted by atomic mass is 32.2. The predicted octanol–water partition coefficient (Wildman–Crippen LogP) is 6.57. The molecule has 0 aliphatic heterocycles. The van der Waals surface area contributed by atoms with Crippen LogP contribution in [0.25, 0.3) is 0 Å². The number of carbonyl (C=O) groups is 2. The van der Waals surface area contributed by atoms with Crippen LogP contribution >= 0.6 is 11.8 Å². The van der Waals surface area contributed by atoms with E-state index in [0.29, 0.717) is 17.2 Å². The number of thioether (sulfide) groups is 1. The maximum Gasteiger partial charge on any atom is 0.326 e. The van der Waals surface area contributed by atoms with Gasteiger partial charge in [0.2, 0.25) is 5.91 Å². The molecule has 0 saturated heterocycles. The molecule has 6 nitrogen and oxygen atoms in total. The number of benzene rings is 4. The molecule has 0 aliphatic carbocycles. The number of anilines is 2. The van der Waals surface area contributed by atoms with Gasteiger partial charge in [-0.1, -0.05) is 48.5 Å². The minimum Gasteiger partial charge on any atom is -0.457 e. The SMILES string of the molecule is O=C(CSc1ccccc1)NCCN(C(=O)Nc1ccccc1F)c1ccc(Oc2ccccc2)cc1. The van der Waals surface area contributed by atoms with Gasteiger partial charge in [-0.25, -0.2) is 9.18 Å². The quantitative estimate of drug-likeness (QED) is 0.235. The summed E-state index contributed by atoms with van der Waals surface area (Å²) in [5, 5.41) is 5.46. The number of halogens is 1. The molecule has 0 radical (unpaired) electrons. The van der Waals surface area contributed by atoms with Crippen LogP contribution in [0.15, 0.2) is 114 Å². The zero-order valence-electron chi connectivity index (χ0n) is 20.0. The van der Waals surface area contributed by atoms with Gasteiger partial charge in [0.25, 0.3) is 0 Å². The van der Waals surface area contributed by atoms with Gasteiger partial charge in [0, 0.05) is 23.7 Å². The highest BCUT2D eigenvalue weighted by Crippen LogP contribution is 2.25. The Morgan fingerprint density at radius 2 is 1.41 bits per heavy atom. The first-order valence-corrected chi connectivity index (χ1v) is 12.7. The van der Waals surface area contributed by atoms with Gasteiger partial charge >= 0.3 is 6.03 Å². The van der Waals surface area contributed by atoms with Crippen LogP contribution in [0.2, 0.25) is 0 Å². The second-order valence-corrected chi connectivity index (χ2v) is 8.97. The first-order chi connectivity index (χ1) is 18.1. The Bertz CT molecular complexity index is 1310. The average Bonchev–Trinajstić information content (AvgIpc) is 2.93. The molecule has 0 bridgehead atoms. The number of nitrogens with one attached hydrogen (secondary N) is 2. The Morgan fingerprint density at radius 1 is 0.784 bits per heavy atom. The van der Waals surface area contributed by atoms with Gasteiger partial charge in [0.15, 0.2) is 0 Å². The van der Waals surface area contributed by atoms with Crippen molar-refractivity contribution in [2.75, 3.05) is 29.1 Å². The summed E-state index contributed by atoms with van der Waals surface area (Å²) in [5.74, 6) is 0.886. The molecule has 4 aromatic carbocycles. The second-order valence-electron chi connectivity index (χ2n) is 7.92. The van der Waals surface area contributed by atoms with E-state index in [1.165, 1.54) is 28.8 Å². The van der Waals surface area contributed by atoms with E-state index in [2.05, 4.69) is 10.6 Å². The van der Waals surface area contributed by atoms with E-state index in [-0.39, 0.29) is 30.4 Å². The van der Waals surface area contributed by atoms with Crippen molar-refractivity contribution in [3.05, 3.63) is 115 Å². The third-order valence-electron chi connectivity index (χ3n) is 5.26. The molecule has 37 heavy (non-hydrogen) atoms. The Hall–Kier alpha value is -4.30. The normalized spacial score (nSPS) is 10.4. The van der Waals surface area contributed by atoms with E-state index in [1.54, 1.807) is 36.4 Å². The lowest BCUT2D eigenvalue weighted by Gasteiger charge is -2.24. The highest BCUT2D eigenvalue weighted by molar-refractivity contribution is 8.00. The molecule has 0 heterocycles. The summed E-state index contributed by atoms with van der Waals surface area (Å²) < 4.78 is 20.0. The molecule has 0 aliphatic rings. The molecule has 0 spiro atoms. The van der Waals surface area contributed by atoms with Crippen LogP contribution in [0.5, 0.6) is 11.5 Å². The lowest BCUT2D eigenvalue weighted by Crippen LogP contribution is -2.41. The standard InChI is InChI=1S/C29H26FN3O3S/c30-26-13-7-8-14-27(26)32-29(35)33(20-19-31-28(34)21-37-25-11-5-2-6-12-25)22-15-17-24(18-16-22)36-23-9-3-1-4-10-23/h1-18H,19-21H2,(H,31,34)(H,32,35). The summed E-state index contributed by atoms with van der Waals surface area (Å²) in [6, 6.07) is 31.4. The summed E-state index contributed by atoms with van der Waals surface area (Å²) in [7, 11) is 0. The van der Waals surface area contributed by atoms with Crippen molar-refractivity contribution >= 4 is 35.1 Å². The minimum atomic E-state index is -0.534. The summed E-state index contributed by atoms with van der Waals surface area (Å²) >= 11 is 1.44. The Kier molecular flexibility index (Phi) is 9.15. The molecular formula is C29H26FN3O3S. The molecule has 0 aromatic heterocycles. The van der Waals surface area contributed by atoms with Gasteiger partial charge in [-0.15, -0.1) is 11.8 Å². The van der Waals surface area contributed by atoms with Crippen LogP contribution in [0.4, 0.5) is 20.6 Å². The van der Waals surface area contributed by atoms with Crippen molar-refractivity contribution in [1.82, 2.24) is 5.32 Å². The molecule has 4 aromatic rings. The number of rotatable bonds is 10. The topological polar surface area (TPSA) is 70.7 Å². The molecule has 3 amide bonds. The maximum atomic E-state index is 14.1. The van der Waals surface area contributed by atoms with E-state index in [9.17, 15) is 14.0 Å². The number of nitrogens with zero attached hydrogens (tertiary/aromatic N) is 1. The second kappa shape index (κ2) is 13.1. The first kappa shape index (κ1) is 25.8. The van der Waals surface area contributed by atoms with Gasteiger partial charge < -0.3 is 15.4 Å². The lowest BCUT2D eigenvalue weighted by molar-refractivity contribution is -0.118. The number of hydrogen-bond acceptors (Lipinski definition) is 4. The lowest BCUT2D eigenvalue weighted by atomic mass is 10.2. The van der Waals surface area contributed by atoms with Crippen molar-refractivity contribution in [2.24, 2.45) is 0 Å². The molecule has 2 N–H and O–H groups in total. The number of carbonyl (C=O) groups excluding carboxylic acids is 2. The molecule has 8 heteroatoms. The first-order valence-electron chi connectivity index (χ1n) is 11.7. The van der Waals surface area contributed by atoms with Crippen molar-refractivity contribution in [2.45, 2.75) is 4.90 Å². The largest absolute Gasteiger partial charge is 0.457 e. The van der Waals surface area contributed by atoms with Crippen LogP contribution < -0.4 is 20.3 Å². The van der Waals surface area contributed by atoms with E-state index in [1.807, 2.05) is 60.7 Å². The van der Waals surface area contributed by atoms with Crippen molar-refractivity contribution in [3.63, 3.8) is 0 Å². The molecule has 0 saturated carbocycles. The van der Waals surface area contributed by atoms with Gasteiger partial charge in [-0.05, 0) is 60.7 Å². The third kappa shape index (κ3) is 7.85. The van der Waals surface area contributed by atoms with Crippen LogP contribution in [-0.4, -0.2) is 30.8 Å². The fourth-order valence-corrected chi connectivity index (χ4v) is 4.19. The van der Waals surface area contributed by atoms with E-state index < -0.39 is 11.8 Å². The van der Waals surface area contributed by atoms with Gasteiger partial charge in [0.1, 0.15) is 17.3 Å². The Balaban J connectivity index is 1.41. The van der Waals surface area contributed by atoms with Gasteiger partial charge in [-0.2, -0.15) is 0 Å². The van der Waals surface area contributed by atoms with Gasteiger partial charge in [0.05, 0.1) is 11.4 Å².